The highest BCUT2D eigenvalue weighted by Crippen LogP contribution is 2.33. The van der Waals surface area contributed by atoms with Crippen LogP contribution in [0.5, 0.6) is 5.75 Å². The van der Waals surface area contributed by atoms with Gasteiger partial charge in [-0.2, -0.15) is 0 Å². The Labute approximate surface area is 183 Å². The van der Waals surface area contributed by atoms with Crippen molar-refractivity contribution in [1.82, 2.24) is 15.3 Å². The van der Waals surface area contributed by atoms with E-state index in [9.17, 15) is 0 Å². The van der Waals surface area contributed by atoms with Gasteiger partial charge in [-0.15, -0.1) is 0 Å². The van der Waals surface area contributed by atoms with Crippen LogP contribution in [0.1, 0.15) is 32.6 Å². The summed E-state index contributed by atoms with van der Waals surface area (Å²) in [6.45, 7) is 8.63. The molecule has 1 aromatic carbocycles. The number of morpholine rings is 1. The third-order valence-electron chi connectivity index (χ3n) is 5.77. The lowest BCUT2D eigenvalue weighted by atomic mass is 9.93. The number of aromatic nitrogens is 2. The quantitative estimate of drug-likeness (QED) is 0.544. The van der Waals surface area contributed by atoms with Gasteiger partial charge in [0.25, 0.3) is 0 Å². The first-order chi connectivity index (χ1) is 15.3. The van der Waals surface area contributed by atoms with Crippen molar-refractivity contribution in [1.29, 1.82) is 0 Å². The van der Waals surface area contributed by atoms with Crippen LogP contribution < -0.4 is 15.0 Å². The smallest absolute Gasteiger partial charge is 0.149 e. The Morgan fingerprint density at radius 2 is 1.97 bits per heavy atom. The molecule has 2 aliphatic rings. The summed E-state index contributed by atoms with van der Waals surface area (Å²) in [4.78, 5) is 19.3. The van der Waals surface area contributed by atoms with E-state index in [0.717, 1.165) is 80.3 Å². The molecule has 0 radical (unpaired) electrons. The van der Waals surface area contributed by atoms with E-state index in [1.165, 1.54) is 6.34 Å². The van der Waals surface area contributed by atoms with Gasteiger partial charge in [0.1, 0.15) is 23.4 Å². The van der Waals surface area contributed by atoms with Gasteiger partial charge in [0.2, 0.25) is 0 Å². The van der Waals surface area contributed by atoms with Crippen molar-refractivity contribution in [3.05, 3.63) is 36.4 Å². The molecule has 164 valence electrons. The molecule has 2 fully saturated rings. The number of hydrogen-bond donors (Lipinski definition) is 1. The number of nitrogens with one attached hydrogen (secondary N) is 1. The number of allylic oxidation sites excluding steroid dienone is 1. The Morgan fingerprint density at radius 3 is 2.71 bits per heavy atom. The summed E-state index contributed by atoms with van der Waals surface area (Å²) in [6.07, 6.45) is 11.0. The second-order valence-electron chi connectivity index (χ2n) is 7.80. The van der Waals surface area contributed by atoms with Gasteiger partial charge in [0, 0.05) is 43.3 Å². The van der Waals surface area contributed by atoms with Crippen molar-refractivity contribution in [3.63, 3.8) is 0 Å². The lowest BCUT2D eigenvalue weighted by Gasteiger charge is -2.31. The molecule has 31 heavy (non-hydrogen) atoms. The van der Waals surface area contributed by atoms with E-state index in [1.807, 2.05) is 13.0 Å². The molecule has 0 amide bonds. The lowest BCUT2D eigenvalue weighted by Crippen LogP contribution is -2.36. The van der Waals surface area contributed by atoms with Crippen LogP contribution in [0, 0.1) is 0 Å². The van der Waals surface area contributed by atoms with Gasteiger partial charge < -0.3 is 19.7 Å². The van der Waals surface area contributed by atoms with Crippen LogP contribution in [-0.4, -0.2) is 61.5 Å². The minimum absolute atomic E-state index is 0.163. The fraction of sp³-hybridized carbons (Fsp3) is 0.478. The first kappa shape index (κ1) is 21.2. The number of hydrogen-bond acceptors (Lipinski definition) is 7. The summed E-state index contributed by atoms with van der Waals surface area (Å²) in [5, 5.41) is 3.49. The maximum Gasteiger partial charge on any atom is 0.149 e. The van der Waals surface area contributed by atoms with E-state index in [1.54, 1.807) is 12.4 Å². The van der Waals surface area contributed by atoms with Crippen molar-refractivity contribution >= 4 is 29.8 Å². The number of fused-ring (bicyclic) bond motifs is 1. The third-order valence-corrected chi connectivity index (χ3v) is 5.77. The molecule has 0 atom stereocenters. The molecule has 0 spiro atoms. The van der Waals surface area contributed by atoms with E-state index in [-0.39, 0.29) is 6.10 Å². The molecule has 0 bridgehead atoms. The predicted molar refractivity (Wildman–Crippen MR) is 124 cm³/mol. The first-order valence-corrected chi connectivity index (χ1v) is 10.9. The van der Waals surface area contributed by atoms with Crippen molar-refractivity contribution < 1.29 is 9.47 Å². The standard InChI is InChI=1S/C23H30N6O2/c1-3-22(27-16-24-2)28-17-4-6-19(7-5-17)31-21-15-18(29-10-12-30-13-11-29)14-20-23(21)26-9-8-25-20/h3,8-9,14-17,19,28H,2,4-7,10-13H2,1H3/b22-3+,27-16-/t17-,19+. The van der Waals surface area contributed by atoms with Crippen LogP contribution in [0.2, 0.25) is 0 Å². The van der Waals surface area contributed by atoms with Crippen molar-refractivity contribution in [2.45, 2.75) is 44.8 Å². The van der Waals surface area contributed by atoms with Crippen molar-refractivity contribution in [2.75, 3.05) is 31.2 Å². The second-order valence-corrected chi connectivity index (χ2v) is 7.80. The Morgan fingerprint density at radius 1 is 1.19 bits per heavy atom. The highest BCUT2D eigenvalue weighted by Gasteiger charge is 2.24. The van der Waals surface area contributed by atoms with E-state index in [0.29, 0.717) is 6.04 Å². The lowest BCUT2D eigenvalue weighted by molar-refractivity contribution is 0.122. The van der Waals surface area contributed by atoms with Crippen LogP contribution in [0.15, 0.2) is 46.4 Å². The largest absolute Gasteiger partial charge is 0.488 e. The first-order valence-electron chi connectivity index (χ1n) is 10.9. The van der Waals surface area contributed by atoms with Crippen LogP contribution in [0.25, 0.3) is 11.0 Å². The summed E-state index contributed by atoms with van der Waals surface area (Å²) in [7, 11) is 0. The summed E-state index contributed by atoms with van der Waals surface area (Å²) < 4.78 is 12.0. The molecule has 1 saturated heterocycles. The fourth-order valence-corrected chi connectivity index (χ4v) is 4.13. The third kappa shape index (κ3) is 5.38. The molecule has 2 aromatic rings. The highest BCUT2D eigenvalue weighted by atomic mass is 16.5. The van der Waals surface area contributed by atoms with Crippen LogP contribution in [-0.2, 0) is 4.74 Å². The molecule has 1 N–H and O–H groups in total. The molecular formula is C23H30N6O2. The second kappa shape index (κ2) is 10.3. The van der Waals surface area contributed by atoms with Crippen LogP contribution in [0.4, 0.5) is 5.69 Å². The maximum atomic E-state index is 6.49. The monoisotopic (exact) mass is 422 g/mol. The summed E-state index contributed by atoms with van der Waals surface area (Å²) >= 11 is 0. The van der Waals surface area contributed by atoms with Crippen molar-refractivity contribution in [3.8, 4) is 5.75 Å². The molecule has 2 heterocycles. The molecule has 1 aliphatic carbocycles. The number of nitrogens with zero attached hydrogens (tertiary/aromatic N) is 5. The molecule has 0 unspecified atom stereocenters. The fourth-order valence-electron chi connectivity index (χ4n) is 4.13. The zero-order valence-corrected chi connectivity index (χ0v) is 18.0. The molecule has 1 aromatic heterocycles. The van der Waals surface area contributed by atoms with Crippen LogP contribution >= 0.6 is 0 Å². The summed E-state index contributed by atoms with van der Waals surface area (Å²) in [6, 6.07) is 4.59. The molecule has 8 nitrogen and oxygen atoms in total. The van der Waals surface area contributed by atoms with Gasteiger partial charge in [-0.25, -0.2) is 9.98 Å². The zero-order valence-electron chi connectivity index (χ0n) is 18.0. The van der Waals surface area contributed by atoms with Crippen molar-refractivity contribution in [2.24, 2.45) is 9.98 Å². The van der Waals surface area contributed by atoms with E-state index >= 15 is 0 Å². The van der Waals surface area contributed by atoms with Gasteiger partial charge in [0.05, 0.1) is 24.8 Å². The Hall–Kier alpha value is -3.00. The van der Waals surface area contributed by atoms with Gasteiger partial charge in [-0.1, -0.05) is 0 Å². The summed E-state index contributed by atoms with van der Waals surface area (Å²) in [5.74, 6) is 1.65. The Kier molecular flexibility index (Phi) is 7.09. The van der Waals surface area contributed by atoms with Gasteiger partial charge in [-0.05, 0) is 51.5 Å². The SMILES string of the molecule is C=N/C=N\C(=C/C)N[C@H]1CC[C@@H](Oc2cc(N3CCOCC3)cc3nccnc23)CC1. The minimum Gasteiger partial charge on any atom is -0.488 e. The molecule has 1 aliphatic heterocycles. The number of ether oxygens (including phenoxy) is 2. The predicted octanol–water partition coefficient (Wildman–Crippen LogP) is 3.34. The number of anilines is 1. The number of benzene rings is 1. The molecule has 4 rings (SSSR count). The number of aliphatic imine (C=N–C) groups is 2. The molecule has 1 saturated carbocycles. The molecule has 8 heteroatoms. The minimum atomic E-state index is 0.163. The highest BCUT2D eigenvalue weighted by molar-refractivity contribution is 5.85. The Bertz CT molecular complexity index is 946. The van der Waals surface area contributed by atoms with E-state index < -0.39 is 0 Å². The maximum absolute atomic E-state index is 6.49. The van der Waals surface area contributed by atoms with Gasteiger partial charge >= 0.3 is 0 Å². The average Bonchev–Trinajstić information content (AvgIpc) is 2.83. The normalized spacial score (nSPS) is 22.6. The number of rotatable bonds is 7. The topological polar surface area (TPSA) is 84.2 Å². The molecular weight excluding hydrogens is 392 g/mol. The summed E-state index contributed by atoms with van der Waals surface area (Å²) in [5.41, 5.74) is 2.80. The average molecular weight is 423 g/mol. The van der Waals surface area contributed by atoms with Crippen LogP contribution in [0.3, 0.4) is 0 Å². The van der Waals surface area contributed by atoms with E-state index in [4.69, 9.17) is 9.47 Å². The zero-order chi connectivity index (χ0) is 21.5. The van der Waals surface area contributed by atoms with E-state index in [2.05, 4.69) is 49.0 Å². The van der Waals surface area contributed by atoms with Gasteiger partial charge in [0.15, 0.2) is 0 Å². The van der Waals surface area contributed by atoms with Gasteiger partial charge in [-0.3, -0.25) is 9.98 Å². The Balaban J connectivity index is 1.44.